The maximum Gasteiger partial charge on any atom is 0.146 e. The second-order valence-corrected chi connectivity index (χ2v) is 6.46. The van der Waals surface area contributed by atoms with Crippen molar-refractivity contribution in [2.75, 3.05) is 0 Å². The van der Waals surface area contributed by atoms with Crippen LogP contribution in [0.2, 0.25) is 0 Å². The van der Waals surface area contributed by atoms with Gasteiger partial charge in [0.05, 0.1) is 24.3 Å². The van der Waals surface area contributed by atoms with E-state index in [2.05, 4.69) is 26.0 Å². The van der Waals surface area contributed by atoms with Gasteiger partial charge >= 0.3 is 0 Å². The zero-order chi connectivity index (χ0) is 14.6. The van der Waals surface area contributed by atoms with E-state index in [4.69, 9.17) is 4.74 Å². The van der Waals surface area contributed by atoms with Crippen LogP contribution < -0.4 is 0 Å². The standard InChI is InChI=1S/C17H24N2O/c1-13(2)14-5-7-15(8-6-14)20-16-4-3-9-17(10-16,11-18)12-19/h15-16H,3-10H2,1-2H3. The van der Waals surface area contributed by atoms with E-state index in [0.29, 0.717) is 18.9 Å². The molecule has 0 aliphatic heterocycles. The van der Waals surface area contributed by atoms with Crippen LogP contribution in [0.25, 0.3) is 0 Å². The van der Waals surface area contributed by atoms with Crippen LogP contribution in [0.5, 0.6) is 0 Å². The van der Waals surface area contributed by atoms with E-state index in [1.165, 1.54) is 5.57 Å². The fraction of sp³-hybridized carbons (Fsp3) is 0.765. The molecule has 2 fully saturated rings. The fourth-order valence-corrected chi connectivity index (χ4v) is 3.42. The first-order valence-electron chi connectivity index (χ1n) is 7.72. The average molecular weight is 272 g/mol. The Bertz CT molecular complexity index is 438. The van der Waals surface area contributed by atoms with E-state index in [1.807, 2.05) is 0 Å². The Balaban J connectivity index is 1.88. The number of hydrogen-bond acceptors (Lipinski definition) is 3. The molecule has 3 nitrogen and oxygen atoms in total. The summed E-state index contributed by atoms with van der Waals surface area (Å²) in [5.41, 5.74) is 2.23. The summed E-state index contributed by atoms with van der Waals surface area (Å²) < 4.78 is 6.19. The van der Waals surface area contributed by atoms with Gasteiger partial charge in [-0.3, -0.25) is 0 Å². The van der Waals surface area contributed by atoms with Gasteiger partial charge in [-0.1, -0.05) is 11.1 Å². The summed E-state index contributed by atoms with van der Waals surface area (Å²) in [5, 5.41) is 18.5. The molecular weight excluding hydrogens is 248 g/mol. The van der Waals surface area contributed by atoms with Crippen molar-refractivity contribution in [1.82, 2.24) is 0 Å². The van der Waals surface area contributed by atoms with Gasteiger partial charge in [0.1, 0.15) is 5.41 Å². The van der Waals surface area contributed by atoms with Crippen LogP contribution in [0, 0.1) is 28.1 Å². The summed E-state index contributed by atoms with van der Waals surface area (Å²) in [4.78, 5) is 0. The number of nitrogens with zero attached hydrogens (tertiary/aromatic N) is 2. The van der Waals surface area contributed by atoms with E-state index in [9.17, 15) is 10.5 Å². The average Bonchev–Trinajstić information content (AvgIpc) is 2.48. The maximum absolute atomic E-state index is 9.23. The van der Waals surface area contributed by atoms with Crippen LogP contribution in [-0.4, -0.2) is 12.2 Å². The Hall–Kier alpha value is -1.32. The lowest BCUT2D eigenvalue weighted by Gasteiger charge is -2.35. The minimum Gasteiger partial charge on any atom is -0.375 e. The molecule has 0 aromatic heterocycles. The molecule has 0 radical (unpaired) electrons. The van der Waals surface area contributed by atoms with Crippen molar-refractivity contribution in [2.45, 2.75) is 77.4 Å². The van der Waals surface area contributed by atoms with Crippen LogP contribution in [0.1, 0.15) is 65.2 Å². The molecule has 1 atom stereocenters. The summed E-state index contributed by atoms with van der Waals surface area (Å²) in [6, 6.07) is 4.42. The van der Waals surface area contributed by atoms with Crippen molar-refractivity contribution >= 4 is 0 Å². The molecule has 0 amide bonds. The lowest BCUT2D eigenvalue weighted by molar-refractivity contribution is -0.0527. The van der Waals surface area contributed by atoms with Crippen molar-refractivity contribution in [3.63, 3.8) is 0 Å². The summed E-state index contributed by atoms with van der Waals surface area (Å²) in [7, 11) is 0. The molecule has 2 aliphatic rings. The van der Waals surface area contributed by atoms with Gasteiger partial charge in [-0.05, 0) is 58.8 Å². The van der Waals surface area contributed by atoms with Crippen molar-refractivity contribution in [1.29, 1.82) is 10.5 Å². The summed E-state index contributed by atoms with van der Waals surface area (Å²) in [5.74, 6) is 0. The van der Waals surface area contributed by atoms with E-state index >= 15 is 0 Å². The van der Waals surface area contributed by atoms with E-state index in [-0.39, 0.29) is 6.10 Å². The van der Waals surface area contributed by atoms with Crippen LogP contribution >= 0.6 is 0 Å². The zero-order valence-corrected chi connectivity index (χ0v) is 12.6. The number of nitriles is 2. The molecule has 108 valence electrons. The smallest absolute Gasteiger partial charge is 0.146 e. The molecule has 2 rings (SSSR count). The van der Waals surface area contributed by atoms with Gasteiger partial charge in [0.25, 0.3) is 0 Å². The van der Waals surface area contributed by atoms with Crippen molar-refractivity contribution in [3.8, 4) is 12.1 Å². The van der Waals surface area contributed by atoms with Crippen molar-refractivity contribution in [3.05, 3.63) is 11.1 Å². The predicted molar refractivity (Wildman–Crippen MR) is 77.6 cm³/mol. The fourth-order valence-electron chi connectivity index (χ4n) is 3.42. The second kappa shape index (κ2) is 6.42. The lowest BCUT2D eigenvalue weighted by Crippen LogP contribution is -2.34. The Morgan fingerprint density at radius 2 is 1.75 bits per heavy atom. The van der Waals surface area contributed by atoms with Gasteiger partial charge in [-0.2, -0.15) is 10.5 Å². The third kappa shape index (κ3) is 3.41. The highest BCUT2D eigenvalue weighted by atomic mass is 16.5. The van der Waals surface area contributed by atoms with Gasteiger partial charge in [-0.15, -0.1) is 0 Å². The molecule has 2 aliphatic carbocycles. The topological polar surface area (TPSA) is 56.8 Å². The summed E-state index contributed by atoms with van der Waals surface area (Å²) in [6.45, 7) is 4.37. The molecule has 0 heterocycles. The molecule has 0 spiro atoms. The number of ether oxygens (including phenoxy) is 1. The highest BCUT2D eigenvalue weighted by Gasteiger charge is 2.38. The highest BCUT2D eigenvalue weighted by Crippen LogP contribution is 2.38. The number of allylic oxidation sites excluding steroid dienone is 2. The van der Waals surface area contributed by atoms with Crippen LogP contribution in [0.3, 0.4) is 0 Å². The molecule has 0 saturated heterocycles. The minimum absolute atomic E-state index is 0.0984. The Labute approximate surface area is 122 Å². The third-order valence-corrected chi connectivity index (χ3v) is 4.76. The molecule has 20 heavy (non-hydrogen) atoms. The molecule has 1 unspecified atom stereocenters. The molecule has 0 aromatic rings. The van der Waals surface area contributed by atoms with E-state index in [1.54, 1.807) is 5.57 Å². The molecule has 0 N–H and O–H groups in total. The largest absolute Gasteiger partial charge is 0.375 e. The highest BCUT2D eigenvalue weighted by molar-refractivity contribution is 5.16. The van der Waals surface area contributed by atoms with E-state index < -0.39 is 5.41 Å². The lowest BCUT2D eigenvalue weighted by atomic mass is 9.75. The first kappa shape index (κ1) is 15.1. The maximum atomic E-state index is 9.23. The van der Waals surface area contributed by atoms with Crippen LogP contribution in [0.4, 0.5) is 0 Å². The molecule has 0 aromatic carbocycles. The van der Waals surface area contributed by atoms with Crippen molar-refractivity contribution < 1.29 is 4.74 Å². The summed E-state index contributed by atoms with van der Waals surface area (Å²) >= 11 is 0. The third-order valence-electron chi connectivity index (χ3n) is 4.76. The monoisotopic (exact) mass is 272 g/mol. The Morgan fingerprint density at radius 3 is 2.30 bits per heavy atom. The molecule has 2 saturated carbocycles. The first-order chi connectivity index (χ1) is 9.58. The summed E-state index contributed by atoms with van der Waals surface area (Å²) in [6.07, 6.45) is 8.08. The SMILES string of the molecule is CC(C)=C1CCC(OC2CCCC(C#N)(C#N)C2)CC1. The number of hydrogen-bond donors (Lipinski definition) is 0. The van der Waals surface area contributed by atoms with Crippen LogP contribution in [-0.2, 0) is 4.74 Å². The van der Waals surface area contributed by atoms with Gasteiger partial charge in [-0.25, -0.2) is 0 Å². The van der Waals surface area contributed by atoms with Crippen LogP contribution in [0.15, 0.2) is 11.1 Å². The normalized spacial score (nSPS) is 29.3. The molecule has 0 bridgehead atoms. The number of rotatable bonds is 2. The van der Waals surface area contributed by atoms with Crippen molar-refractivity contribution in [2.24, 2.45) is 5.41 Å². The minimum atomic E-state index is -0.803. The molecule has 3 heteroatoms. The predicted octanol–water partition coefficient (Wildman–Crippen LogP) is 4.26. The van der Waals surface area contributed by atoms with Gasteiger partial charge in [0.2, 0.25) is 0 Å². The quantitative estimate of drug-likeness (QED) is 0.706. The Morgan fingerprint density at radius 1 is 1.10 bits per heavy atom. The van der Waals surface area contributed by atoms with Gasteiger partial charge in [0.15, 0.2) is 0 Å². The Kier molecular flexibility index (Phi) is 4.84. The van der Waals surface area contributed by atoms with Gasteiger partial charge < -0.3 is 4.74 Å². The molecular formula is C17H24N2O. The van der Waals surface area contributed by atoms with E-state index in [0.717, 1.165) is 38.5 Å². The second-order valence-electron chi connectivity index (χ2n) is 6.46. The van der Waals surface area contributed by atoms with Gasteiger partial charge in [0, 0.05) is 6.42 Å². The zero-order valence-electron chi connectivity index (χ0n) is 12.6. The first-order valence-corrected chi connectivity index (χ1v) is 7.72.